The number of benzene rings is 1. The van der Waals surface area contributed by atoms with E-state index in [0.29, 0.717) is 56.8 Å². The summed E-state index contributed by atoms with van der Waals surface area (Å²) in [6.45, 7) is 5.28. The van der Waals surface area contributed by atoms with Gasteiger partial charge in [-0.15, -0.1) is 0 Å². The van der Waals surface area contributed by atoms with Crippen LogP contribution in [0.5, 0.6) is 0 Å². The molecular formula is C33H49FN4O6. The lowest BCUT2D eigenvalue weighted by Crippen LogP contribution is -2.66. The van der Waals surface area contributed by atoms with Gasteiger partial charge in [-0.1, -0.05) is 0 Å². The molecule has 44 heavy (non-hydrogen) atoms. The van der Waals surface area contributed by atoms with Gasteiger partial charge in [-0.05, 0) is 108 Å². The van der Waals surface area contributed by atoms with Crippen LogP contribution in [0.2, 0.25) is 0 Å². The molecular weight excluding hydrogens is 567 g/mol. The van der Waals surface area contributed by atoms with Crippen molar-refractivity contribution in [3.8, 4) is 0 Å². The topological polar surface area (TPSA) is 144 Å². The summed E-state index contributed by atoms with van der Waals surface area (Å²) < 4.78 is 20.0. The highest BCUT2D eigenvalue weighted by Crippen LogP contribution is 2.68. The molecule has 3 atom stereocenters. The van der Waals surface area contributed by atoms with Crippen LogP contribution < -0.4 is 21.7 Å². The third kappa shape index (κ3) is 6.55. The molecule has 2 spiro atoms. The van der Waals surface area contributed by atoms with Crippen molar-refractivity contribution in [1.82, 2.24) is 16.0 Å². The molecule has 0 radical (unpaired) electrons. The Balaban J connectivity index is 0.976. The molecule has 1 aliphatic heterocycles. The zero-order valence-electron chi connectivity index (χ0n) is 26.0. The molecule has 244 valence electrons. The van der Waals surface area contributed by atoms with Gasteiger partial charge in [0, 0.05) is 60.7 Å². The molecule has 2 amide bonds. The second kappa shape index (κ2) is 12.2. The van der Waals surface area contributed by atoms with Crippen LogP contribution in [-0.2, 0) is 19.3 Å². The van der Waals surface area contributed by atoms with Crippen molar-refractivity contribution in [1.29, 1.82) is 0 Å². The van der Waals surface area contributed by atoms with Gasteiger partial charge >= 0.3 is 0 Å². The Morgan fingerprint density at radius 1 is 1.05 bits per heavy atom. The lowest BCUT2D eigenvalue weighted by atomic mass is 9.46. The number of hydrogen-bond donors (Lipinski definition) is 5. The highest BCUT2D eigenvalue weighted by atomic mass is 19.1. The number of nitrogens with two attached hydrogens (primary N) is 1. The molecule has 1 aromatic rings. The molecule has 6 fully saturated rings. The average Bonchev–Trinajstić information content (AvgIpc) is 3.35. The Bertz CT molecular complexity index is 1180. The summed E-state index contributed by atoms with van der Waals surface area (Å²) in [5.41, 5.74) is 5.76. The highest BCUT2D eigenvalue weighted by Gasteiger charge is 2.70. The number of aliphatic hydroxyl groups is 1. The highest BCUT2D eigenvalue weighted by molar-refractivity contribution is 5.94. The Morgan fingerprint density at radius 2 is 1.73 bits per heavy atom. The van der Waals surface area contributed by atoms with Gasteiger partial charge in [0.2, 0.25) is 17.5 Å². The van der Waals surface area contributed by atoms with E-state index >= 15 is 0 Å². The molecule has 1 saturated heterocycles. The first-order valence-electron chi connectivity index (χ1n) is 16.5. The first-order valence-corrected chi connectivity index (χ1v) is 16.5. The summed E-state index contributed by atoms with van der Waals surface area (Å²) in [7, 11) is 0. The predicted octanol–water partition coefficient (Wildman–Crippen LogP) is 3.48. The van der Waals surface area contributed by atoms with Crippen LogP contribution >= 0.6 is 0 Å². The van der Waals surface area contributed by atoms with Gasteiger partial charge in [0.25, 0.3) is 5.91 Å². The van der Waals surface area contributed by atoms with E-state index in [2.05, 4.69) is 16.0 Å². The Hall–Kier alpha value is -2.15. The Kier molecular flexibility index (Phi) is 8.84. The summed E-state index contributed by atoms with van der Waals surface area (Å²) in [5.74, 6) is -0.971. The molecule has 4 bridgehead atoms. The van der Waals surface area contributed by atoms with Gasteiger partial charge in [-0.2, -0.15) is 9.78 Å². The van der Waals surface area contributed by atoms with Gasteiger partial charge in [0.15, 0.2) is 0 Å². The van der Waals surface area contributed by atoms with E-state index in [1.54, 1.807) is 0 Å². The molecule has 11 heteroatoms. The van der Waals surface area contributed by atoms with E-state index in [0.717, 1.165) is 44.9 Å². The first-order chi connectivity index (χ1) is 20.9. The van der Waals surface area contributed by atoms with Crippen LogP contribution in [0.1, 0.15) is 94.8 Å². The van der Waals surface area contributed by atoms with E-state index in [-0.39, 0.29) is 40.8 Å². The molecule has 5 aliphatic carbocycles. The number of nitrogens with one attached hydrogen (secondary N) is 3. The fourth-order valence-electron chi connectivity index (χ4n) is 8.71. The Labute approximate surface area is 259 Å². The van der Waals surface area contributed by atoms with Gasteiger partial charge in [-0.25, -0.2) is 4.39 Å². The van der Waals surface area contributed by atoms with E-state index in [4.69, 9.17) is 20.2 Å². The third-order valence-electron chi connectivity index (χ3n) is 10.8. The fourth-order valence-corrected chi connectivity index (χ4v) is 8.71. The number of halogens is 1. The van der Waals surface area contributed by atoms with Crippen molar-refractivity contribution in [2.45, 2.75) is 108 Å². The maximum absolute atomic E-state index is 13.1. The van der Waals surface area contributed by atoms with Crippen LogP contribution in [0.4, 0.5) is 4.39 Å². The summed E-state index contributed by atoms with van der Waals surface area (Å²) in [5, 5.41) is 20.5. The van der Waals surface area contributed by atoms with Crippen LogP contribution in [0.15, 0.2) is 24.3 Å². The van der Waals surface area contributed by atoms with Crippen molar-refractivity contribution < 1.29 is 33.6 Å². The smallest absolute Gasteiger partial charge is 0.251 e. The number of amides is 2. The normalized spacial score (nSPS) is 36.6. The SMILES string of the molecule is CC(C)(N)CNC(=O)CC1CC[C@]2(CC1)OO[C@]1(O2)C2CC3CC1CC(C(O)NCCCNC(=O)c1ccc(F)cc1)(C3)C2. The second-order valence-corrected chi connectivity index (χ2v) is 15.0. The predicted molar refractivity (Wildman–Crippen MR) is 160 cm³/mol. The summed E-state index contributed by atoms with van der Waals surface area (Å²) in [6, 6.07) is 5.48. The van der Waals surface area contributed by atoms with Crippen molar-refractivity contribution in [2.24, 2.45) is 34.8 Å². The van der Waals surface area contributed by atoms with Gasteiger partial charge in [-0.3, -0.25) is 14.9 Å². The molecule has 5 saturated carbocycles. The van der Waals surface area contributed by atoms with E-state index in [1.807, 2.05) is 13.8 Å². The summed E-state index contributed by atoms with van der Waals surface area (Å²) in [4.78, 5) is 37.0. The third-order valence-corrected chi connectivity index (χ3v) is 10.8. The number of aliphatic hydroxyl groups excluding tert-OH is 1. The molecule has 1 aromatic carbocycles. The lowest BCUT2D eigenvalue weighted by Gasteiger charge is -2.63. The van der Waals surface area contributed by atoms with Crippen LogP contribution in [0.25, 0.3) is 0 Å². The minimum atomic E-state index is -0.762. The first kappa shape index (κ1) is 31.8. The fraction of sp³-hybridized carbons (Fsp3) is 0.758. The average molecular weight is 617 g/mol. The van der Waals surface area contributed by atoms with Crippen molar-refractivity contribution >= 4 is 11.8 Å². The maximum atomic E-state index is 13.1. The molecule has 10 nitrogen and oxygen atoms in total. The molecule has 0 aromatic heterocycles. The zero-order valence-corrected chi connectivity index (χ0v) is 26.0. The van der Waals surface area contributed by atoms with Crippen LogP contribution in [0.3, 0.4) is 0 Å². The van der Waals surface area contributed by atoms with Gasteiger partial charge in [0.05, 0.1) is 0 Å². The number of hydrogen-bond acceptors (Lipinski definition) is 8. The van der Waals surface area contributed by atoms with Crippen LogP contribution in [0, 0.1) is 34.9 Å². The van der Waals surface area contributed by atoms with Crippen LogP contribution in [-0.4, -0.2) is 59.9 Å². The minimum absolute atomic E-state index is 0.0405. The number of ether oxygens (including phenoxy) is 1. The van der Waals surface area contributed by atoms with Gasteiger partial charge < -0.3 is 26.2 Å². The quantitative estimate of drug-likeness (QED) is 0.144. The monoisotopic (exact) mass is 616 g/mol. The zero-order chi connectivity index (χ0) is 31.2. The second-order valence-electron chi connectivity index (χ2n) is 15.0. The molecule has 7 rings (SSSR count). The summed E-state index contributed by atoms with van der Waals surface area (Å²) >= 11 is 0. The van der Waals surface area contributed by atoms with Crippen molar-refractivity contribution in [3.63, 3.8) is 0 Å². The van der Waals surface area contributed by atoms with E-state index < -0.39 is 23.3 Å². The van der Waals surface area contributed by atoms with Gasteiger partial charge in [0.1, 0.15) is 12.0 Å². The largest absolute Gasteiger partial charge is 0.378 e. The number of carbonyl (C=O) groups is 2. The molecule has 6 aliphatic rings. The molecule has 6 N–H and O–H groups in total. The van der Waals surface area contributed by atoms with E-state index in [1.165, 1.54) is 24.3 Å². The number of carbonyl (C=O) groups excluding carboxylic acids is 2. The van der Waals surface area contributed by atoms with Crippen molar-refractivity contribution in [3.05, 3.63) is 35.6 Å². The Morgan fingerprint density at radius 3 is 2.39 bits per heavy atom. The minimum Gasteiger partial charge on any atom is -0.378 e. The summed E-state index contributed by atoms with van der Waals surface area (Å²) in [6.07, 6.45) is 8.23. The van der Waals surface area contributed by atoms with Crippen molar-refractivity contribution in [2.75, 3.05) is 19.6 Å². The molecule has 3 unspecified atom stereocenters. The van der Waals surface area contributed by atoms with E-state index in [9.17, 15) is 19.1 Å². The molecule has 1 heterocycles. The maximum Gasteiger partial charge on any atom is 0.251 e. The standard InChI is InChI=1S/C33H49FN4O6/c1-30(2,35)20-38-27(39)16-21-8-10-32(11-9-21)42-33(44-43-32)24-14-22-15-25(33)19-31(17-22,18-24)29(41)37-13-3-12-36-28(40)23-4-6-26(34)7-5-23/h4-7,21-22,24-25,29,37,41H,3,8-20,35H2,1-2H3,(H,36,40)(H,38,39)/t21?,22?,24?,25?,29?,31?,32-,33-. The number of rotatable bonds is 11. The lowest BCUT2D eigenvalue weighted by molar-refractivity contribution is -0.398.